The van der Waals surface area contributed by atoms with Crippen molar-refractivity contribution in [2.24, 2.45) is 23.1 Å². The molecule has 4 aliphatic heterocycles. The molecule has 0 unspecified atom stereocenters. The number of unbranched alkanes of at least 4 members (excludes halogenated alkanes) is 1. The number of urea groups is 1. The molecule has 492 valence electrons. The molecular weight excluding hydrogens is 1190 g/mol. The zero-order chi connectivity index (χ0) is 64.4. The van der Waals surface area contributed by atoms with Gasteiger partial charge < -0.3 is 84.6 Å². The number of carboxylic acids is 1. The van der Waals surface area contributed by atoms with Crippen LogP contribution in [0.5, 0.6) is 0 Å². The van der Waals surface area contributed by atoms with Crippen molar-refractivity contribution in [3.8, 4) is 0 Å². The molecule has 89 heavy (non-hydrogen) atoms. The molecule has 29 heteroatoms. The van der Waals surface area contributed by atoms with Crippen molar-refractivity contribution in [3.05, 3.63) is 70.8 Å². The van der Waals surface area contributed by atoms with Gasteiger partial charge in [0, 0.05) is 127 Å². The van der Waals surface area contributed by atoms with Gasteiger partial charge in [0.25, 0.3) is 0 Å². The SMILES string of the molecule is CCCCNC(=O)N[C@H]1CSCc2cc(cc(CN3CCN(C(=O)C(CNCCN)CNCCN)CC3)c2)CSC[C@@H](C(=O)O)NC(=O)[C@H](Cc2ccccc2)NC(=O)[C@H](CCC(N)=O)NC(=O)[C@H]([C@@H](C)O)NC(=O)[C@@H]2CCCN2C(=O)[C@@H]2CCCN2C1=O. The highest BCUT2D eigenvalue weighted by molar-refractivity contribution is 7.98. The molecule has 0 spiro atoms. The van der Waals surface area contributed by atoms with Gasteiger partial charge in [0.15, 0.2) is 0 Å². The van der Waals surface area contributed by atoms with Crippen LogP contribution in [-0.2, 0) is 67.6 Å². The number of rotatable bonds is 22. The fraction of sp³-hybridized carbons (Fsp3) is 0.633. The van der Waals surface area contributed by atoms with Crippen LogP contribution in [0.2, 0.25) is 0 Å². The first-order chi connectivity index (χ1) is 42.8. The standard InChI is InChI=1S/C60H93N15O12S2/c1-3-4-18-66-60(87)70-46-36-88-34-41-27-40(33-72-23-25-73(26-24-72)56(82)43(31-64-19-16-61)32-65-20-17-62)28-42(29-41)35-89-37-47(59(85)86)69-53(79)45(30-39-10-6-5-7-11-39)68-52(78)44(14-15-50(63)77)67-55(81)51(38(2)76)71-54(80)48-12-8-21-74(48)58(84)49-13-9-22-75(49)57(46)83/h5-7,10-11,27-29,38,43-49,51,64-65,76H,3-4,8-9,12-26,30-37,61-62H2,1-2H3,(H2,63,77)(H,67,81)(H,68,78)(H,69,79)(H,71,80)(H,85,86)(H2,66,70,87)/t38-,44+,45+,46+,47+,48+,49+,51+/m1/s1. The molecule has 2 aromatic carbocycles. The Labute approximate surface area is 529 Å². The molecule has 10 amide bonds. The first kappa shape index (κ1) is 71.5. The third-order valence-corrected chi connectivity index (χ3v) is 18.3. The predicted octanol–water partition coefficient (Wildman–Crippen LogP) is -2.11. The number of aliphatic hydroxyl groups is 1. The number of thioether (sulfide) groups is 2. The summed E-state index contributed by atoms with van der Waals surface area (Å²) in [6.07, 6.45) is 0.403. The number of hydrogen-bond acceptors (Lipinski definition) is 18. The summed E-state index contributed by atoms with van der Waals surface area (Å²) in [5, 5.41) is 44.1. The van der Waals surface area contributed by atoms with E-state index >= 15 is 0 Å². The third kappa shape index (κ3) is 22.4. The zero-order valence-electron chi connectivity index (χ0n) is 51.2. The number of nitrogens with zero attached hydrogens (tertiary/aromatic N) is 4. The number of primary amides is 1. The molecule has 2 bridgehead atoms. The van der Waals surface area contributed by atoms with Crippen LogP contribution in [0.15, 0.2) is 48.5 Å². The van der Waals surface area contributed by atoms with E-state index < -0.39 is 108 Å². The number of piperazine rings is 1. The molecule has 0 aliphatic carbocycles. The molecule has 3 saturated heterocycles. The van der Waals surface area contributed by atoms with Gasteiger partial charge in [-0.15, -0.1) is 0 Å². The maximum atomic E-state index is 14.8. The van der Waals surface area contributed by atoms with Crippen LogP contribution in [0.25, 0.3) is 0 Å². The van der Waals surface area contributed by atoms with E-state index in [1.807, 2.05) is 24.0 Å². The predicted molar refractivity (Wildman–Crippen MR) is 338 cm³/mol. The monoisotopic (exact) mass is 1280 g/mol. The second-order valence-electron chi connectivity index (χ2n) is 23.1. The summed E-state index contributed by atoms with van der Waals surface area (Å²) in [5.74, 6) is -6.36. The van der Waals surface area contributed by atoms with Gasteiger partial charge in [-0.1, -0.05) is 61.9 Å². The van der Waals surface area contributed by atoms with Crippen LogP contribution < -0.4 is 59.7 Å². The van der Waals surface area contributed by atoms with Gasteiger partial charge in [-0.3, -0.25) is 43.3 Å². The molecular formula is C60H93N15O12S2. The average Bonchev–Trinajstić information content (AvgIpc) is 2.85. The summed E-state index contributed by atoms with van der Waals surface area (Å²) >= 11 is 2.66. The van der Waals surface area contributed by atoms with Crippen molar-refractivity contribution in [2.45, 2.75) is 138 Å². The molecule has 4 aliphatic rings. The van der Waals surface area contributed by atoms with Crippen LogP contribution in [0.1, 0.15) is 87.5 Å². The minimum atomic E-state index is -1.69. The Bertz CT molecular complexity index is 2700. The quantitative estimate of drug-likeness (QED) is 0.0561. The Morgan fingerprint density at radius 1 is 0.708 bits per heavy atom. The fourth-order valence-corrected chi connectivity index (χ4v) is 13.3. The first-order valence-electron chi connectivity index (χ1n) is 31.0. The average molecular weight is 1280 g/mol. The molecule has 6 rings (SSSR count). The smallest absolute Gasteiger partial charge is 0.327 e. The maximum absolute atomic E-state index is 14.8. The molecule has 0 saturated carbocycles. The number of benzene rings is 2. The zero-order valence-corrected chi connectivity index (χ0v) is 52.9. The van der Waals surface area contributed by atoms with Crippen molar-refractivity contribution in [1.82, 2.24) is 62.1 Å². The van der Waals surface area contributed by atoms with Crippen LogP contribution in [0.4, 0.5) is 4.79 Å². The minimum absolute atomic E-state index is 0.0361. The van der Waals surface area contributed by atoms with E-state index in [4.69, 9.17) is 17.2 Å². The fourth-order valence-electron chi connectivity index (χ4n) is 11.3. The van der Waals surface area contributed by atoms with Crippen LogP contribution in [-0.4, -0.2) is 234 Å². The molecule has 3 fully saturated rings. The van der Waals surface area contributed by atoms with Gasteiger partial charge >= 0.3 is 12.0 Å². The molecule has 0 radical (unpaired) electrons. The Morgan fingerprint density at radius 3 is 1.92 bits per heavy atom. The molecule has 16 N–H and O–H groups in total. The summed E-state index contributed by atoms with van der Waals surface area (Å²) in [6.45, 7) is 9.64. The van der Waals surface area contributed by atoms with Crippen molar-refractivity contribution in [3.63, 3.8) is 0 Å². The van der Waals surface area contributed by atoms with Gasteiger partial charge in [-0.25, -0.2) is 9.59 Å². The van der Waals surface area contributed by atoms with E-state index in [-0.39, 0.29) is 62.1 Å². The number of aliphatic carboxylic acids is 1. The summed E-state index contributed by atoms with van der Waals surface area (Å²) < 4.78 is 0. The van der Waals surface area contributed by atoms with Gasteiger partial charge in [-0.05, 0) is 67.7 Å². The van der Waals surface area contributed by atoms with E-state index in [1.165, 1.54) is 40.2 Å². The van der Waals surface area contributed by atoms with E-state index in [0.29, 0.717) is 115 Å². The lowest BCUT2D eigenvalue weighted by Crippen LogP contribution is -2.61. The highest BCUT2D eigenvalue weighted by atomic mass is 32.2. The van der Waals surface area contributed by atoms with Crippen LogP contribution in [0, 0.1) is 5.92 Å². The van der Waals surface area contributed by atoms with Crippen LogP contribution >= 0.6 is 23.5 Å². The minimum Gasteiger partial charge on any atom is -0.480 e. The summed E-state index contributed by atoms with van der Waals surface area (Å²) in [7, 11) is 0. The Balaban J connectivity index is 1.32. The van der Waals surface area contributed by atoms with Crippen LogP contribution in [0.3, 0.4) is 0 Å². The molecule has 2 aromatic rings. The van der Waals surface area contributed by atoms with Gasteiger partial charge in [0.2, 0.25) is 47.3 Å². The number of hydrogen-bond donors (Lipinski definition) is 13. The van der Waals surface area contributed by atoms with Gasteiger partial charge in [0.05, 0.1) is 12.0 Å². The lowest BCUT2D eigenvalue weighted by molar-refractivity contribution is -0.147. The number of amides is 10. The van der Waals surface area contributed by atoms with Crippen molar-refractivity contribution < 1.29 is 58.2 Å². The van der Waals surface area contributed by atoms with E-state index in [0.717, 1.165) is 23.1 Å². The second kappa shape index (κ2) is 36.9. The summed E-state index contributed by atoms with van der Waals surface area (Å²) in [4.78, 5) is 146. The number of carbonyl (C=O) groups is 10. The summed E-state index contributed by atoms with van der Waals surface area (Å²) in [6, 6.07) is 4.84. The molecule has 8 atom stereocenters. The largest absolute Gasteiger partial charge is 0.480 e. The third-order valence-electron chi connectivity index (χ3n) is 16.1. The van der Waals surface area contributed by atoms with E-state index in [9.17, 15) is 58.2 Å². The second-order valence-corrected chi connectivity index (χ2v) is 25.2. The molecule has 4 heterocycles. The number of carboxylic acid groups (broad SMARTS) is 1. The Hall–Kier alpha value is -6.60. The number of nitrogens with one attached hydrogen (secondary N) is 8. The molecule has 27 nitrogen and oxygen atoms in total. The van der Waals surface area contributed by atoms with Gasteiger partial charge in [-0.2, -0.15) is 23.5 Å². The summed E-state index contributed by atoms with van der Waals surface area (Å²) in [5.41, 5.74) is 20.2. The normalized spacial score (nSPS) is 23.7. The number of carbonyl (C=O) groups excluding carboxylic acids is 9. The van der Waals surface area contributed by atoms with Crippen molar-refractivity contribution in [2.75, 3.05) is 96.6 Å². The lowest BCUT2D eigenvalue weighted by atomic mass is 10.0. The Morgan fingerprint density at radius 2 is 1.31 bits per heavy atom. The van der Waals surface area contributed by atoms with Crippen molar-refractivity contribution in [1.29, 1.82) is 0 Å². The van der Waals surface area contributed by atoms with Crippen molar-refractivity contribution >= 4 is 82.8 Å². The topological polar surface area (TPSA) is 398 Å². The lowest BCUT2D eigenvalue weighted by Gasteiger charge is -2.36. The maximum Gasteiger partial charge on any atom is 0.327 e. The number of fused-ring (bicyclic) bond motifs is 4. The van der Waals surface area contributed by atoms with E-state index in [2.05, 4.69) is 53.5 Å². The van der Waals surface area contributed by atoms with Gasteiger partial charge in [0.1, 0.15) is 42.3 Å². The molecule has 0 aromatic heterocycles. The first-order valence-corrected chi connectivity index (χ1v) is 33.3. The number of nitrogens with two attached hydrogens (primary N) is 3. The number of aliphatic hydroxyl groups excluding tert-OH is 1. The highest BCUT2D eigenvalue weighted by Crippen LogP contribution is 2.28. The Kier molecular flexibility index (Phi) is 29.6. The van der Waals surface area contributed by atoms with E-state index in [1.54, 1.807) is 30.3 Å². The highest BCUT2D eigenvalue weighted by Gasteiger charge is 2.45.